The van der Waals surface area contributed by atoms with E-state index in [1.165, 1.54) is 11.1 Å². The standard InChI is InChI=1S/C18H21N3O.C2H2O4/c1-15-4-2-3-5-17(15)14-20-10-12-21(13-11-20)18(22)16-6-8-19-9-7-16;3-1(4)2(5)6/h2-9H,10-14H2,1H3;(H,3,4)(H,5,6). The molecule has 0 radical (unpaired) electrons. The third kappa shape index (κ3) is 6.17. The number of aryl methyl sites for hydroxylation is 1. The molecule has 28 heavy (non-hydrogen) atoms. The molecule has 0 saturated carbocycles. The zero-order chi connectivity index (χ0) is 20.5. The number of pyridine rings is 1. The number of carboxylic acid groups (broad SMARTS) is 2. The van der Waals surface area contributed by atoms with Gasteiger partial charge in [-0.05, 0) is 30.2 Å². The lowest BCUT2D eigenvalue weighted by Gasteiger charge is -2.35. The van der Waals surface area contributed by atoms with Crippen LogP contribution in [0.3, 0.4) is 0 Å². The van der Waals surface area contributed by atoms with Crippen molar-refractivity contribution in [2.45, 2.75) is 13.5 Å². The van der Waals surface area contributed by atoms with Crippen LogP contribution in [0.15, 0.2) is 48.8 Å². The Labute approximate surface area is 163 Å². The molecule has 0 spiro atoms. The van der Waals surface area contributed by atoms with Gasteiger partial charge in [-0.3, -0.25) is 14.7 Å². The van der Waals surface area contributed by atoms with Gasteiger partial charge in [-0.25, -0.2) is 9.59 Å². The van der Waals surface area contributed by atoms with E-state index in [2.05, 4.69) is 41.1 Å². The molecule has 0 atom stereocenters. The molecule has 2 aromatic rings. The van der Waals surface area contributed by atoms with Crippen molar-refractivity contribution in [1.82, 2.24) is 14.8 Å². The van der Waals surface area contributed by atoms with E-state index in [-0.39, 0.29) is 5.91 Å². The Morgan fingerprint density at radius 3 is 2.04 bits per heavy atom. The normalized spacial score (nSPS) is 14.0. The summed E-state index contributed by atoms with van der Waals surface area (Å²) in [7, 11) is 0. The van der Waals surface area contributed by atoms with Gasteiger partial charge in [0.15, 0.2) is 0 Å². The van der Waals surface area contributed by atoms with Crippen LogP contribution in [0.5, 0.6) is 0 Å². The molecule has 3 rings (SSSR count). The lowest BCUT2D eigenvalue weighted by Crippen LogP contribution is -2.48. The number of rotatable bonds is 3. The van der Waals surface area contributed by atoms with E-state index in [9.17, 15) is 4.79 Å². The van der Waals surface area contributed by atoms with Crippen LogP contribution < -0.4 is 0 Å². The van der Waals surface area contributed by atoms with Gasteiger partial charge in [-0.1, -0.05) is 24.3 Å². The number of piperazine rings is 1. The molecule has 1 aliphatic rings. The first kappa shape index (κ1) is 21.0. The van der Waals surface area contributed by atoms with Crippen molar-refractivity contribution in [3.63, 3.8) is 0 Å². The maximum atomic E-state index is 12.4. The van der Waals surface area contributed by atoms with Gasteiger partial charge in [-0.2, -0.15) is 0 Å². The van der Waals surface area contributed by atoms with Gasteiger partial charge in [0, 0.05) is 50.7 Å². The van der Waals surface area contributed by atoms with Crippen molar-refractivity contribution >= 4 is 17.8 Å². The second-order valence-electron chi connectivity index (χ2n) is 6.34. The molecular formula is C20H23N3O5. The quantitative estimate of drug-likeness (QED) is 0.770. The molecule has 1 fully saturated rings. The molecular weight excluding hydrogens is 362 g/mol. The summed E-state index contributed by atoms with van der Waals surface area (Å²) in [5.74, 6) is -3.54. The number of aromatic nitrogens is 1. The zero-order valence-electron chi connectivity index (χ0n) is 15.6. The Balaban J connectivity index is 0.000000409. The van der Waals surface area contributed by atoms with Crippen molar-refractivity contribution in [2.24, 2.45) is 0 Å². The van der Waals surface area contributed by atoms with Gasteiger partial charge in [0.05, 0.1) is 0 Å². The molecule has 1 aromatic heterocycles. The number of carbonyl (C=O) groups is 3. The summed E-state index contributed by atoms with van der Waals surface area (Å²) in [6, 6.07) is 12.1. The van der Waals surface area contributed by atoms with Gasteiger partial charge in [0.1, 0.15) is 0 Å². The second kappa shape index (κ2) is 10.2. The monoisotopic (exact) mass is 385 g/mol. The van der Waals surface area contributed by atoms with Crippen LogP contribution in [-0.2, 0) is 16.1 Å². The number of amides is 1. The Hall–Kier alpha value is -3.26. The number of aliphatic carboxylic acids is 2. The van der Waals surface area contributed by atoms with Gasteiger partial charge in [0.25, 0.3) is 5.91 Å². The molecule has 0 unspecified atom stereocenters. The van der Waals surface area contributed by atoms with Crippen molar-refractivity contribution in [3.05, 3.63) is 65.5 Å². The zero-order valence-corrected chi connectivity index (χ0v) is 15.6. The van der Waals surface area contributed by atoms with Gasteiger partial charge >= 0.3 is 11.9 Å². The average molecular weight is 385 g/mol. The Morgan fingerprint density at radius 1 is 0.929 bits per heavy atom. The van der Waals surface area contributed by atoms with Crippen LogP contribution in [-0.4, -0.2) is 69.0 Å². The minimum absolute atomic E-state index is 0.109. The molecule has 8 nitrogen and oxygen atoms in total. The van der Waals surface area contributed by atoms with E-state index in [1.54, 1.807) is 24.5 Å². The highest BCUT2D eigenvalue weighted by molar-refractivity contribution is 6.27. The van der Waals surface area contributed by atoms with Crippen molar-refractivity contribution in [1.29, 1.82) is 0 Å². The lowest BCUT2D eigenvalue weighted by atomic mass is 10.1. The number of benzene rings is 1. The third-order valence-corrected chi connectivity index (χ3v) is 4.42. The van der Waals surface area contributed by atoms with Gasteiger partial charge < -0.3 is 15.1 Å². The first-order chi connectivity index (χ1) is 13.4. The summed E-state index contributed by atoms with van der Waals surface area (Å²) in [6.07, 6.45) is 3.34. The molecule has 1 aliphatic heterocycles. The number of hydrogen-bond donors (Lipinski definition) is 2. The molecule has 0 bridgehead atoms. The lowest BCUT2D eigenvalue weighted by molar-refractivity contribution is -0.159. The third-order valence-electron chi connectivity index (χ3n) is 4.42. The van der Waals surface area contributed by atoms with Crippen LogP contribution in [0.4, 0.5) is 0 Å². The molecule has 8 heteroatoms. The number of carbonyl (C=O) groups excluding carboxylic acids is 1. The Morgan fingerprint density at radius 2 is 1.50 bits per heavy atom. The maximum absolute atomic E-state index is 12.4. The fourth-order valence-electron chi connectivity index (χ4n) is 2.81. The summed E-state index contributed by atoms with van der Waals surface area (Å²) in [6.45, 7) is 6.53. The van der Waals surface area contributed by atoms with Gasteiger partial charge in [-0.15, -0.1) is 0 Å². The van der Waals surface area contributed by atoms with E-state index < -0.39 is 11.9 Å². The topological polar surface area (TPSA) is 111 Å². The molecule has 1 saturated heterocycles. The average Bonchev–Trinajstić information content (AvgIpc) is 2.71. The number of carboxylic acids is 2. The highest BCUT2D eigenvalue weighted by Gasteiger charge is 2.22. The number of hydrogen-bond acceptors (Lipinski definition) is 5. The maximum Gasteiger partial charge on any atom is 0.414 e. The van der Waals surface area contributed by atoms with Gasteiger partial charge in [0.2, 0.25) is 0 Å². The van der Waals surface area contributed by atoms with Crippen molar-refractivity contribution in [3.8, 4) is 0 Å². The highest BCUT2D eigenvalue weighted by Crippen LogP contribution is 2.13. The molecule has 1 amide bonds. The molecule has 0 aliphatic carbocycles. The summed E-state index contributed by atoms with van der Waals surface area (Å²) < 4.78 is 0. The second-order valence-corrected chi connectivity index (χ2v) is 6.34. The predicted octanol–water partition coefficient (Wildman–Crippen LogP) is 1.50. The summed E-state index contributed by atoms with van der Waals surface area (Å²) in [5, 5.41) is 14.8. The minimum atomic E-state index is -1.82. The summed E-state index contributed by atoms with van der Waals surface area (Å²) in [4.78, 5) is 38.9. The fourth-order valence-corrected chi connectivity index (χ4v) is 2.81. The molecule has 2 N–H and O–H groups in total. The van der Waals surface area contributed by atoms with E-state index in [0.717, 1.165) is 38.3 Å². The number of nitrogens with zero attached hydrogens (tertiary/aromatic N) is 3. The van der Waals surface area contributed by atoms with E-state index in [1.807, 2.05) is 4.90 Å². The minimum Gasteiger partial charge on any atom is -0.473 e. The predicted molar refractivity (Wildman–Crippen MR) is 102 cm³/mol. The Kier molecular flexibility index (Phi) is 7.65. The SMILES string of the molecule is Cc1ccccc1CN1CCN(C(=O)c2ccncc2)CC1.O=C(O)C(=O)O. The van der Waals surface area contributed by atoms with Crippen LogP contribution >= 0.6 is 0 Å². The van der Waals surface area contributed by atoms with Crippen LogP contribution in [0.1, 0.15) is 21.5 Å². The van der Waals surface area contributed by atoms with Crippen LogP contribution in [0.2, 0.25) is 0 Å². The summed E-state index contributed by atoms with van der Waals surface area (Å²) >= 11 is 0. The molecule has 148 valence electrons. The van der Waals surface area contributed by atoms with Crippen LogP contribution in [0, 0.1) is 6.92 Å². The highest BCUT2D eigenvalue weighted by atomic mass is 16.4. The fraction of sp³-hybridized carbons (Fsp3) is 0.300. The molecule has 2 heterocycles. The van der Waals surface area contributed by atoms with E-state index >= 15 is 0 Å². The summed E-state index contributed by atoms with van der Waals surface area (Å²) in [5.41, 5.74) is 3.43. The van der Waals surface area contributed by atoms with E-state index in [0.29, 0.717) is 0 Å². The van der Waals surface area contributed by atoms with Crippen LogP contribution in [0.25, 0.3) is 0 Å². The van der Waals surface area contributed by atoms with Crippen molar-refractivity contribution in [2.75, 3.05) is 26.2 Å². The first-order valence-corrected chi connectivity index (χ1v) is 8.81. The smallest absolute Gasteiger partial charge is 0.414 e. The Bertz CT molecular complexity index is 806. The van der Waals surface area contributed by atoms with Crippen molar-refractivity contribution < 1.29 is 24.6 Å². The molecule has 1 aromatic carbocycles. The largest absolute Gasteiger partial charge is 0.473 e. The first-order valence-electron chi connectivity index (χ1n) is 8.81. The van der Waals surface area contributed by atoms with E-state index in [4.69, 9.17) is 19.8 Å².